The van der Waals surface area contributed by atoms with Gasteiger partial charge in [0.05, 0.1) is 0 Å². The number of benzene rings is 6. The van der Waals surface area contributed by atoms with Crippen LogP contribution in [0.15, 0.2) is 158 Å². The zero-order valence-electron chi connectivity index (χ0n) is 24.4. The van der Waals surface area contributed by atoms with E-state index in [1.807, 2.05) is 0 Å². The van der Waals surface area contributed by atoms with Crippen LogP contribution in [0.2, 0.25) is 19.6 Å². The first-order chi connectivity index (χ1) is 20.4. The van der Waals surface area contributed by atoms with Crippen molar-refractivity contribution >= 4 is 8.32 Å². The van der Waals surface area contributed by atoms with Crippen molar-refractivity contribution in [2.24, 2.45) is 0 Å². The Morgan fingerprint density at radius 2 is 0.619 bits per heavy atom. The van der Waals surface area contributed by atoms with Gasteiger partial charge in [0.15, 0.2) is 8.32 Å². The van der Waals surface area contributed by atoms with Gasteiger partial charge in [0.1, 0.15) is 6.10 Å². The van der Waals surface area contributed by atoms with Crippen molar-refractivity contribution in [3.63, 3.8) is 0 Å². The Morgan fingerprint density at radius 3 is 0.857 bits per heavy atom. The third kappa shape index (κ3) is 6.52. The van der Waals surface area contributed by atoms with E-state index in [4.69, 9.17) is 4.43 Å². The third-order valence-corrected chi connectivity index (χ3v) is 8.04. The number of rotatable bonds is 8. The Hall–Kier alpha value is -4.50. The molecule has 6 rings (SSSR count). The molecule has 0 spiro atoms. The minimum Gasteiger partial charge on any atom is -0.401 e. The molecule has 0 unspecified atom stereocenters. The van der Waals surface area contributed by atoms with Gasteiger partial charge in [-0.1, -0.05) is 121 Å². The van der Waals surface area contributed by atoms with E-state index in [0.717, 1.165) is 17.2 Å². The molecule has 0 aliphatic heterocycles. The van der Waals surface area contributed by atoms with Gasteiger partial charge in [-0.2, -0.15) is 0 Å². The molecule has 0 fully saturated rings. The molecule has 0 saturated heterocycles. The molecule has 2 heteroatoms. The highest BCUT2D eigenvalue weighted by molar-refractivity contribution is 6.70. The summed E-state index contributed by atoms with van der Waals surface area (Å²) in [6.07, 6.45) is 0.930. The van der Waals surface area contributed by atoms with Crippen molar-refractivity contribution in [1.82, 2.24) is 0 Å². The monoisotopic (exact) mass is 559 g/mol. The van der Waals surface area contributed by atoms with Crippen molar-refractivity contribution in [3.05, 3.63) is 175 Å². The van der Waals surface area contributed by atoms with Gasteiger partial charge in [-0.3, -0.25) is 0 Å². The lowest BCUT2D eigenvalue weighted by Gasteiger charge is -2.28. The summed E-state index contributed by atoms with van der Waals surface area (Å²) in [6.45, 7) is 6.77. The molecule has 0 aliphatic rings. The Morgan fingerprint density at radius 1 is 0.357 bits per heavy atom. The van der Waals surface area contributed by atoms with E-state index in [0.29, 0.717) is 0 Å². The highest BCUT2D eigenvalue weighted by Crippen LogP contribution is 2.38. The van der Waals surface area contributed by atoms with E-state index in [1.165, 1.54) is 44.5 Å². The summed E-state index contributed by atoms with van der Waals surface area (Å²) in [4.78, 5) is 0. The van der Waals surface area contributed by atoms with E-state index < -0.39 is 8.32 Å². The van der Waals surface area contributed by atoms with Crippen LogP contribution >= 0.6 is 0 Å². The van der Waals surface area contributed by atoms with Gasteiger partial charge < -0.3 is 4.43 Å². The first-order valence-electron chi connectivity index (χ1n) is 14.5. The molecular formula is C40H35OSi. The largest absolute Gasteiger partial charge is 0.401 e. The maximum absolute atomic E-state index is 7.03. The van der Waals surface area contributed by atoms with Crippen LogP contribution in [0.1, 0.15) is 11.1 Å². The molecule has 0 N–H and O–H groups in total. The zero-order chi connectivity index (χ0) is 28.9. The Bertz CT molecular complexity index is 1510. The van der Waals surface area contributed by atoms with Crippen molar-refractivity contribution in [2.75, 3.05) is 0 Å². The topological polar surface area (TPSA) is 9.23 Å². The summed E-state index contributed by atoms with van der Waals surface area (Å²) in [7, 11) is -2.01. The lowest BCUT2D eigenvalue weighted by molar-refractivity contribution is 0.370. The van der Waals surface area contributed by atoms with Crippen LogP contribution in [-0.4, -0.2) is 8.32 Å². The van der Waals surface area contributed by atoms with Gasteiger partial charge >= 0.3 is 0 Å². The molecule has 6 aromatic rings. The average Bonchev–Trinajstić information content (AvgIpc) is 3.04. The molecule has 205 valence electrons. The lowest BCUT2D eigenvalue weighted by atomic mass is 9.89. The summed E-state index contributed by atoms with van der Waals surface area (Å²) < 4.78 is 7.03. The zero-order valence-corrected chi connectivity index (χ0v) is 25.4. The molecule has 1 nitrogen and oxygen atoms in total. The van der Waals surface area contributed by atoms with Gasteiger partial charge in [-0.25, -0.2) is 0 Å². The second-order valence-corrected chi connectivity index (χ2v) is 16.0. The Labute approximate surface area is 251 Å². The molecule has 0 bridgehead atoms. The maximum atomic E-state index is 7.03. The van der Waals surface area contributed by atoms with Crippen LogP contribution in [0.4, 0.5) is 0 Å². The Kier molecular flexibility index (Phi) is 8.01. The van der Waals surface area contributed by atoms with E-state index in [1.54, 1.807) is 0 Å². The maximum Gasteiger partial charge on any atom is 0.185 e. The molecule has 6 aromatic carbocycles. The van der Waals surface area contributed by atoms with E-state index in [9.17, 15) is 0 Å². The minimum absolute atomic E-state index is 0.930. The molecule has 0 aliphatic carbocycles. The Balaban J connectivity index is 1.58. The summed E-state index contributed by atoms with van der Waals surface area (Å²) in [6, 6.07) is 56.2. The molecular weight excluding hydrogens is 525 g/mol. The standard InChI is InChI=1S/C40H35OSi/c1-42(2,3)41-40(38-26-34(30-16-8-4-9-17-30)24-35(27-38)31-18-10-5-11-19-31)39-28-36(32-20-12-6-13-21-32)25-37(29-39)33-22-14-7-15-23-33/h4-29H,1-3H3. The molecule has 42 heavy (non-hydrogen) atoms. The second-order valence-electron chi connectivity index (χ2n) is 11.6. The van der Waals surface area contributed by atoms with Crippen molar-refractivity contribution in [2.45, 2.75) is 19.6 Å². The normalized spacial score (nSPS) is 11.5. The fourth-order valence-corrected chi connectivity index (χ4v) is 6.15. The third-order valence-electron chi connectivity index (χ3n) is 7.23. The van der Waals surface area contributed by atoms with Crippen molar-refractivity contribution in [1.29, 1.82) is 0 Å². The molecule has 0 amide bonds. The quantitative estimate of drug-likeness (QED) is 0.169. The van der Waals surface area contributed by atoms with Gasteiger partial charge in [0.25, 0.3) is 0 Å². The summed E-state index contributed by atoms with van der Waals surface area (Å²) in [5.74, 6) is 0. The van der Waals surface area contributed by atoms with Crippen molar-refractivity contribution < 1.29 is 4.43 Å². The van der Waals surface area contributed by atoms with Crippen molar-refractivity contribution in [3.8, 4) is 44.5 Å². The average molecular weight is 560 g/mol. The summed E-state index contributed by atoms with van der Waals surface area (Å²) >= 11 is 0. The van der Waals surface area contributed by atoms with Gasteiger partial charge in [-0.05, 0) is 112 Å². The first-order valence-corrected chi connectivity index (χ1v) is 17.9. The van der Waals surface area contributed by atoms with Gasteiger partial charge in [0.2, 0.25) is 0 Å². The molecule has 0 heterocycles. The number of hydrogen-bond acceptors (Lipinski definition) is 1. The van der Waals surface area contributed by atoms with Crippen LogP contribution in [0.5, 0.6) is 0 Å². The smallest absolute Gasteiger partial charge is 0.185 e. The molecule has 0 atom stereocenters. The highest BCUT2D eigenvalue weighted by Gasteiger charge is 2.27. The van der Waals surface area contributed by atoms with Crippen LogP contribution < -0.4 is 0 Å². The molecule has 0 saturated carbocycles. The SMILES string of the molecule is C[Si](C)(C)O[C](c1cc(-c2ccccc2)cc(-c2ccccc2)c1)c1cc(-c2ccccc2)cc(-c2ccccc2)c1. The second kappa shape index (κ2) is 12.2. The van der Waals surface area contributed by atoms with Gasteiger partial charge in [-0.15, -0.1) is 0 Å². The summed E-state index contributed by atoms with van der Waals surface area (Å²) in [5, 5.41) is 0. The molecule has 0 aromatic heterocycles. The minimum atomic E-state index is -2.01. The summed E-state index contributed by atoms with van der Waals surface area (Å²) in [5.41, 5.74) is 11.6. The van der Waals surface area contributed by atoms with Crippen LogP contribution in [0.25, 0.3) is 44.5 Å². The van der Waals surface area contributed by atoms with Crippen LogP contribution in [-0.2, 0) is 4.43 Å². The lowest BCUT2D eigenvalue weighted by Crippen LogP contribution is -2.29. The fourth-order valence-electron chi connectivity index (χ4n) is 5.30. The first kappa shape index (κ1) is 27.7. The number of hydrogen-bond donors (Lipinski definition) is 0. The molecule has 1 radical (unpaired) electrons. The van der Waals surface area contributed by atoms with E-state index in [-0.39, 0.29) is 0 Å². The predicted octanol–water partition coefficient (Wildman–Crippen LogP) is 11.1. The van der Waals surface area contributed by atoms with Crippen LogP contribution in [0.3, 0.4) is 0 Å². The van der Waals surface area contributed by atoms with E-state index >= 15 is 0 Å². The predicted molar refractivity (Wildman–Crippen MR) is 181 cm³/mol. The van der Waals surface area contributed by atoms with Crippen LogP contribution in [0, 0.1) is 6.10 Å². The highest BCUT2D eigenvalue weighted by atomic mass is 28.4. The fraction of sp³-hybridized carbons (Fsp3) is 0.0750. The van der Waals surface area contributed by atoms with Gasteiger partial charge in [0, 0.05) is 0 Å². The van der Waals surface area contributed by atoms with E-state index in [2.05, 4.69) is 177 Å².